The summed E-state index contributed by atoms with van der Waals surface area (Å²) in [6.07, 6.45) is 2.46. The van der Waals surface area contributed by atoms with E-state index >= 15 is 0 Å². The number of carbonyl (C=O) groups excluding carboxylic acids is 3. The molecule has 10 nitrogen and oxygen atoms in total. The number of likely N-dealkylation sites (tertiary alicyclic amines) is 1. The molecule has 0 saturated carbocycles. The topological polar surface area (TPSA) is 130 Å². The van der Waals surface area contributed by atoms with Crippen molar-refractivity contribution in [1.82, 2.24) is 20.2 Å². The number of nitrogens with two attached hydrogens (primary N) is 1. The van der Waals surface area contributed by atoms with E-state index in [1.807, 2.05) is 30.3 Å². The number of benzene rings is 1. The fourth-order valence-corrected chi connectivity index (χ4v) is 4.56. The number of pyridine rings is 1. The summed E-state index contributed by atoms with van der Waals surface area (Å²) in [6, 6.07) is 13.9. The molecule has 4 rings (SSSR count). The molecule has 2 atom stereocenters. The average Bonchev–Trinajstić information content (AvgIpc) is 3.10. The first-order chi connectivity index (χ1) is 17.1. The Morgan fingerprint density at radius 3 is 2.58 bits per heavy atom. The summed E-state index contributed by atoms with van der Waals surface area (Å²) in [5, 5.41) is 8.60. The van der Waals surface area contributed by atoms with Crippen LogP contribution in [0.2, 0.25) is 0 Å². The summed E-state index contributed by atoms with van der Waals surface area (Å²) in [7, 11) is 1.64. The van der Waals surface area contributed by atoms with Crippen LogP contribution in [-0.2, 0) is 20.8 Å². The van der Waals surface area contributed by atoms with Gasteiger partial charge in [0.05, 0.1) is 11.3 Å². The third-order valence-corrected chi connectivity index (χ3v) is 6.49. The molecule has 2 aromatic rings. The van der Waals surface area contributed by atoms with Gasteiger partial charge in [0.1, 0.15) is 18.1 Å². The minimum absolute atomic E-state index is 0.130. The van der Waals surface area contributed by atoms with Crippen LogP contribution in [-0.4, -0.2) is 76.7 Å². The number of fused-ring (bicyclic) bond motifs is 1. The maximum absolute atomic E-state index is 13.8. The van der Waals surface area contributed by atoms with Gasteiger partial charge in [0.2, 0.25) is 17.7 Å². The molecule has 1 aromatic carbocycles. The third-order valence-electron chi connectivity index (χ3n) is 6.49. The van der Waals surface area contributed by atoms with Crippen LogP contribution < -0.4 is 15.8 Å². The van der Waals surface area contributed by atoms with Crippen molar-refractivity contribution < 1.29 is 19.1 Å². The van der Waals surface area contributed by atoms with Crippen LogP contribution in [0.3, 0.4) is 0 Å². The van der Waals surface area contributed by atoms with Gasteiger partial charge in [-0.25, -0.2) is 9.99 Å². The first-order valence-corrected chi connectivity index (χ1v) is 11.9. The number of aromatic nitrogens is 1. The maximum atomic E-state index is 13.8. The van der Waals surface area contributed by atoms with Gasteiger partial charge < -0.3 is 20.7 Å². The lowest BCUT2D eigenvalue weighted by Gasteiger charge is -2.40. The van der Waals surface area contributed by atoms with E-state index < -0.39 is 22.9 Å². The van der Waals surface area contributed by atoms with Crippen molar-refractivity contribution in [3.8, 4) is 5.88 Å². The minimum atomic E-state index is -1.19. The van der Waals surface area contributed by atoms with Crippen molar-refractivity contribution >= 4 is 23.4 Å². The van der Waals surface area contributed by atoms with E-state index in [1.165, 1.54) is 5.01 Å². The molecule has 3 N–H and O–H groups in total. The summed E-state index contributed by atoms with van der Waals surface area (Å²) in [5.74, 6) is -0.650. The molecule has 1 saturated heterocycles. The maximum Gasteiger partial charge on any atom is 0.256 e. The Morgan fingerprint density at radius 1 is 1.19 bits per heavy atom. The van der Waals surface area contributed by atoms with Gasteiger partial charge in [0.15, 0.2) is 0 Å². The van der Waals surface area contributed by atoms with Crippen molar-refractivity contribution in [3.63, 3.8) is 0 Å². The van der Waals surface area contributed by atoms with Crippen molar-refractivity contribution in [2.24, 2.45) is 16.3 Å². The number of amides is 3. The molecule has 36 heavy (non-hydrogen) atoms. The highest BCUT2D eigenvalue weighted by Gasteiger charge is 2.54. The lowest BCUT2D eigenvalue weighted by molar-refractivity contribution is -0.143. The van der Waals surface area contributed by atoms with Gasteiger partial charge in [-0.1, -0.05) is 36.4 Å². The number of hydrogen-bond donors (Lipinski definition) is 2. The van der Waals surface area contributed by atoms with Gasteiger partial charge in [-0.3, -0.25) is 14.4 Å². The summed E-state index contributed by atoms with van der Waals surface area (Å²) >= 11 is 0. The predicted octanol–water partition coefficient (Wildman–Crippen LogP) is 0.972. The van der Waals surface area contributed by atoms with Crippen molar-refractivity contribution in [2.45, 2.75) is 38.3 Å². The number of ether oxygens (including phenoxy) is 1. The largest absolute Gasteiger partial charge is 0.475 e. The van der Waals surface area contributed by atoms with E-state index in [0.717, 1.165) is 11.3 Å². The SMILES string of the molecule is CN1N=C2CCN(C(=O)C(COc3ccccn3)NC(=O)C(C)(C)N)CC2(Cc2ccccc2)C1=O. The molecule has 190 valence electrons. The second-order valence-electron chi connectivity index (χ2n) is 9.86. The molecule has 2 aliphatic heterocycles. The summed E-state index contributed by atoms with van der Waals surface area (Å²) in [4.78, 5) is 45.6. The quantitative estimate of drug-likeness (QED) is 0.565. The number of rotatable bonds is 8. The van der Waals surface area contributed by atoms with Gasteiger partial charge in [-0.2, -0.15) is 5.10 Å². The van der Waals surface area contributed by atoms with E-state index in [-0.39, 0.29) is 25.0 Å². The monoisotopic (exact) mass is 492 g/mol. The van der Waals surface area contributed by atoms with E-state index in [1.54, 1.807) is 50.2 Å². The average molecular weight is 493 g/mol. The zero-order valence-electron chi connectivity index (χ0n) is 20.8. The molecule has 10 heteroatoms. The van der Waals surface area contributed by atoms with Crippen LogP contribution >= 0.6 is 0 Å². The van der Waals surface area contributed by atoms with Crippen LogP contribution in [0.1, 0.15) is 25.8 Å². The number of piperidine rings is 1. The Kier molecular flexibility index (Phi) is 7.07. The predicted molar refractivity (Wildman–Crippen MR) is 134 cm³/mol. The number of hydrogen-bond acceptors (Lipinski definition) is 7. The second kappa shape index (κ2) is 10.1. The van der Waals surface area contributed by atoms with Crippen molar-refractivity contribution in [2.75, 3.05) is 26.7 Å². The van der Waals surface area contributed by atoms with Gasteiger partial charge in [-0.15, -0.1) is 0 Å². The Labute approximate surface area is 210 Å². The van der Waals surface area contributed by atoms with Crippen LogP contribution in [0, 0.1) is 5.41 Å². The van der Waals surface area contributed by atoms with E-state index in [2.05, 4.69) is 15.4 Å². The highest BCUT2D eigenvalue weighted by Crippen LogP contribution is 2.38. The number of nitrogens with zero attached hydrogens (tertiary/aromatic N) is 4. The van der Waals surface area contributed by atoms with E-state index in [0.29, 0.717) is 25.3 Å². The first kappa shape index (κ1) is 25.3. The lowest BCUT2D eigenvalue weighted by atomic mass is 9.73. The van der Waals surface area contributed by atoms with E-state index in [4.69, 9.17) is 10.5 Å². The number of hydrazone groups is 1. The molecule has 3 heterocycles. The molecule has 1 fully saturated rings. The normalized spacial score (nSPS) is 20.4. The van der Waals surface area contributed by atoms with Crippen molar-refractivity contribution in [3.05, 3.63) is 60.3 Å². The molecule has 0 radical (unpaired) electrons. The summed E-state index contributed by atoms with van der Waals surface area (Å²) < 4.78 is 5.73. The van der Waals surface area contributed by atoms with Crippen LogP contribution in [0.25, 0.3) is 0 Å². The van der Waals surface area contributed by atoms with Crippen LogP contribution in [0.5, 0.6) is 5.88 Å². The number of carbonyl (C=O) groups is 3. The molecule has 0 spiro atoms. The molecule has 2 unspecified atom stereocenters. The highest BCUT2D eigenvalue weighted by molar-refractivity contribution is 6.13. The molecular formula is C26H32N6O4. The van der Waals surface area contributed by atoms with Gasteiger partial charge in [0.25, 0.3) is 5.91 Å². The van der Waals surface area contributed by atoms with E-state index in [9.17, 15) is 14.4 Å². The third kappa shape index (κ3) is 5.23. The fraction of sp³-hybridized carbons (Fsp3) is 0.423. The smallest absolute Gasteiger partial charge is 0.256 e. The molecule has 0 bridgehead atoms. The Morgan fingerprint density at radius 2 is 1.92 bits per heavy atom. The summed E-state index contributed by atoms with van der Waals surface area (Å²) in [6.45, 7) is 3.53. The van der Waals surface area contributed by atoms with Gasteiger partial charge in [0, 0.05) is 38.8 Å². The molecule has 1 aromatic heterocycles. The van der Waals surface area contributed by atoms with Crippen LogP contribution in [0.4, 0.5) is 0 Å². The Bertz CT molecular complexity index is 1150. The van der Waals surface area contributed by atoms with Gasteiger partial charge in [-0.05, 0) is 31.9 Å². The first-order valence-electron chi connectivity index (χ1n) is 11.9. The standard InChI is InChI=1S/C26H32N6O4/c1-25(2,27)23(34)29-19(16-36-21-11-7-8-13-28-21)22(33)32-14-12-20-26(17-32,24(35)31(3)30-20)15-18-9-5-4-6-10-18/h4-11,13,19H,12,14-17,27H2,1-3H3,(H,29,34). The molecular weight excluding hydrogens is 460 g/mol. The molecule has 2 aliphatic rings. The zero-order chi connectivity index (χ0) is 25.9. The summed E-state index contributed by atoms with van der Waals surface area (Å²) in [5.41, 5.74) is 5.58. The fourth-order valence-electron chi connectivity index (χ4n) is 4.56. The van der Waals surface area contributed by atoms with Gasteiger partial charge >= 0.3 is 0 Å². The second-order valence-corrected chi connectivity index (χ2v) is 9.86. The number of nitrogens with one attached hydrogen (secondary N) is 1. The van der Waals surface area contributed by atoms with Crippen molar-refractivity contribution in [1.29, 1.82) is 0 Å². The lowest BCUT2D eigenvalue weighted by Crippen LogP contribution is -2.62. The minimum Gasteiger partial charge on any atom is -0.475 e. The Hall–Kier alpha value is -3.79. The molecule has 3 amide bonds. The zero-order valence-corrected chi connectivity index (χ0v) is 20.8. The highest BCUT2D eigenvalue weighted by atomic mass is 16.5. The van der Waals surface area contributed by atoms with Crippen LogP contribution in [0.15, 0.2) is 59.8 Å². The molecule has 0 aliphatic carbocycles. The Balaban J connectivity index is 1.58.